The number of piperazine rings is 1. The maximum absolute atomic E-state index is 12.1. The van der Waals surface area contributed by atoms with Gasteiger partial charge in [-0.05, 0) is 26.1 Å². The van der Waals surface area contributed by atoms with Gasteiger partial charge < -0.3 is 15.1 Å². The summed E-state index contributed by atoms with van der Waals surface area (Å²) < 4.78 is 0. The summed E-state index contributed by atoms with van der Waals surface area (Å²) in [6.45, 7) is 5.21. The summed E-state index contributed by atoms with van der Waals surface area (Å²) in [6, 6.07) is 5.96. The molecule has 0 saturated carbocycles. The highest BCUT2D eigenvalue weighted by Gasteiger charge is 2.25. The predicted octanol–water partition coefficient (Wildman–Crippen LogP) is 0.927. The molecule has 1 aliphatic rings. The molecule has 5 heteroatoms. The third kappa shape index (κ3) is 3.20. The number of pyridine rings is 1. The summed E-state index contributed by atoms with van der Waals surface area (Å²) in [4.78, 5) is 20.4. The maximum Gasteiger partial charge on any atom is 0.318 e. The molecule has 0 spiro atoms. The lowest BCUT2D eigenvalue weighted by Gasteiger charge is -2.38. The van der Waals surface area contributed by atoms with Gasteiger partial charge in [-0.2, -0.15) is 0 Å². The van der Waals surface area contributed by atoms with Gasteiger partial charge in [0.1, 0.15) is 0 Å². The molecule has 5 nitrogen and oxygen atoms in total. The van der Waals surface area contributed by atoms with Crippen LogP contribution in [0.1, 0.15) is 12.6 Å². The smallest absolute Gasteiger partial charge is 0.318 e. The Hall–Kier alpha value is -1.62. The van der Waals surface area contributed by atoms with Gasteiger partial charge in [0, 0.05) is 31.9 Å². The average molecular weight is 248 g/mol. The highest BCUT2D eigenvalue weighted by Crippen LogP contribution is 2.08. The van der Waals surface area contributed by atoms with Crippen molar-refractivity contribution in [3.05, 3.63) is 30.1 Å². The number of aromatic nitrogens is 1. The molecule has 2 heterocycles. The van der Waals surface area contributed by atoms with Gasteiger partial charge in [0.05, 0.1) is 12.2 Å². The lowest BCUT2D eigenvalue weighted by atomic mass is 10.2. The molecule has 0 radical (unpaired) electrons. The summed E-state index contributed by atoms with van der Waals surface area (Å²) in [5, 5.41) is 2.92. The number of hydrogen-bond donors (Lipinski definition) is 1. The van der Waals surface area contributed by atoms with Crippen molar-refractivity contribution < 1.29 is 4.79 Å². The molecule has 0 aliphatic carbocycles. The van der Waals surface area contributed by atoms with Gasteiger partial charge in [-0.1, -0.05) is 6.07 Å². The first-order chi connectivity index (χ1) is 8.66. The van der Waals surface area contributed by atoms with Crippen molar-refractivity contribution in [1.29, 1.82) is 0 Å². The van der Waals surface area contributed by atoms with Gasteiger partial charge in [-0.25, -0.2) is 4.79 Å². The van der Waals surface area contributed by atoms with Gasteiger partial charge in [-0.15, -0.1) is 0 Å². The van der Waals surface area contributed by atoms with Crippen LogP contribution in [-0.4, -0.2) is 53.5 Å². The first kappa shape index (κ1) is 12.8. The van der Waals surface area contributed by atoms with Gasteiger partial charge in [0.25, 0.3) is 0 Å². The number of carbonyl (C=O) groups is 1. The van der Waals surface area contributed by atoms with Crippen LogP contribution >= 0.6 is 0 Å². The fourth-order valence-electron chi connectivity index (χ4n) is 2.21. The van der Waals surface area contributed by atoms with Crippen LogP contribution in [0.5, 0.6) is 0 Å². The second kappa shape index (κ2) is 5.82. The van der Waals surface area contributed by atoms with E-state index in [4.69, 9.17) is 0 Å². The predicted molar refractivity (Wildman–Crippen MR) is 70.1 cm³/mol. The van der Waals surface area contributed by atoms with Crippen molar-refractivity contribution in [2.45, 2.75) is 19.5 Å². The molecular formula is C13H20N4O. The topological polar surface area (TPSA) is 48.5 Å². The van der Waals surface area contributed by atoms with Crippen LogP contribution in [0.25, 0.3) is 0 Å². The van der Waals surface area contributed by atoms with E-state index in [-0.39, 0.29) is 12.1 Å². The second-order valence-corrected chi connectivity index (χ2v) is 4.78. The summed E-state index contributed by atoms with van der Waals surface area (Å²) in [7, 11) is 2.08. The van der Waals surface area contributed by atoms with Crippen molar-refractivity contribution in [2.75, 3.05) is 26.7 Å². The summed E-state index contributed by atoms with van der Waals surface area (Å²) >= 11 is 0. The number of likely N-dealkylation sites (N-methyl/N-ethyl adjacent to an activating group) is 1. The van der Waals surface area contributed by atoms with Gasteiger partial charge in [0.15, 0.2) is 0 Å². The van der Waals surface area contributed by atoms with Crippen LogP contribution in [-0.2, 0) is 6.54 Å². The fraction of sp³-hybridized carbons (Fsp3) is 0.538. The van der Waals surface area contributed by atoms with Crippen LogP contribution in [0, 0.1) is 0 Å². The first-order valence-electron chi connectivity index (χ1n) is 6.30. The molecule has 2 rings (SSSR count). The van der Waals surface area contributed by atoms with E-state index in [1.807, 2.05) is 23.1 Å². The highest BCUT2D eigenvalue weighted by molar-refractivity contribution is 5.74. The molecule has 1 N–H and O–H groups in total. The molecule has 98 valence electrons. The lowest BCUT2D eigenvalue weighted by Crippen LogP contribution is -2.55. The highest BCUT2D eigenvalue weighted by atomic mass is 16.2. The van der Waals surface area contributed by atoms with Crippen molar-refractivity contribution in [2.24, 2.45) is 0 Å². The Balaban J connectivity index is 1.85. The molecule has 1 aliphatic heterocycles. The quantitative estimate of drug-likeness (QED) is 0.847. The van der Waals surface area contributed by atoms with Crippen LogP contribution in [0.2, 0.25) is 0 Å². The van der Waals surface area contributed by atoms with Crippen LogP contribution < -0.4 is 5.32 Å². The van der Waals surface area contributed by atoms with E-state index in [2.05, 4.69) is 29.2 Å². The Morgan fingerprint density at radius 1 is 1.50 bits per heavy atom. The Morgan fingerprint density at radius 3 is 3.00 bits per heavy atom. The van der Waals surface area contributed by atoms with Gasteiger partial charge in [-0.3, -0.25) is 4.98 Å². The van der Waals surface area contributed by atoms with E-state index < -0.39 is 0 Å². The fourth-order valence-corrected chi connectivity index (χ4v) is 2.21. The maximum atomic E-state index is 12.1. The number of urea groups is 1. The average Bonchev–Trinajstić information content (AvgIpc) is 2.37. The number of nitrogens with zero attached hydrogens (tertiary/aromatic N) is 3. The van der Waals surface area contributed by atoms with E-state index in [9.17, 15) is 4.79 Å². The minimum absolute atomic E-state index is 0.00116. The standard InChI is InChI=1S/C13H20N4O/c1-11-10-16(2)7-8-17(11)13(18)15-9-12-5-3-4-6-14-12/h3-6,11H,7-10H2,1-2H3,(H,15,18). The number of rotatable bonds is 2. The Morgan fingerprint density at radius 2 is 2.33 bits per heavy atom. The molecule has 2 amide bonds. The van der Waals surface area contributed by atoms with Crippen LogP contribution in [0.3, 0.4) is 0 Å². The lowest BCUT2D eigenvalue weighted by molar-refractivity contribution is 0.116. The Bertz CT molecular complexity index is 395. The first-order valence-corrected chi connectivity index (χ1v) is 6.30. The molecule has 1 fully saturated rings. The zero-order valence-corrected chi connectivity index (χ0v) is 11.0. The third-order valence-electron chi connectivity index (χ3n) is 3.24. The van der Waals surface area contributed by atoms with E-state index >= 15 is 0 Å². The largest absolute Gasteiger partial charge is 0.332 e. The normalized spacial score (nSPS) is 20.8. The van der Waals surface area contributed by atoms with Crippen molar-refractivity contribution >= 4 is 6.03 Å². The van der Waals surface area contributed by atoms with E-state index in [0.717, 1.165) is 25.3 Å². The van der Waals surface area contributed by atoms with E-state index in [0.29, 0.717) is 6.54 Å². The van der Waals surface area contributed by atoms with Crippen LogP contribution in [0.15, 0.2) is 24.4 Å². The van der Waals surface area contributed by atoms with Crippen LogP contribution in [0.4, 0.5) is 4.79 Å². The van der Waals surface area contributed by atoms with Crippen molar-refractivity contribution in [3.8, 4) is 0 Å². The second-order valence-electron chi connectivity index (χ2n) is 4.78. The van der Waals surface area contributed by atoms with Crippen molar-refractivity contribution in [1.82, 2.24) is 20.1 Å². The molecule has 1 aromatic heterocycles. The van der Waals surface area contributed by atoms with E-state index in [1.165, 1.54) is 0 Å². The molecule has 0 bridgehead atoms. The monoisotopic (exact) mass is 248 g/mol. The number of hydrogen-bond acceptors (Lipinski definition) is 3. The zero-order chi connectivity index (χ0) is 13.0. The van der Waals surface area contributed by atoms with E-state index in [1.54, 1.807) is 6.20 Å². The molecule has 1 atom stereocenters. The molecular weight excluding hydrogens is 228 g/mol. The molecule has 1 saturated heterocycles. The zero-order valence-electron chi connectivity index (χ0n) is 11.0. The minimum Gasteiger partial charge on any atom is -0.332 e. The molecule has 1 aromatic rings. The number of amides is 2. The third-order valence-corrected chi connectivity index (χ3v) is 3.24. The summed E-state index contributed by atoms with van der Waals surface area (Å²) in [6.07, 6.45) is 1.74. The minimum atomic E-state index is 0.00116. The van der Waals surface area contributed by atoms with Gasteiger partial charge >= 0.3 is 6.03 Å². The Kier molecular flexibility index (Phi) is 4.15. The summed E-state index contributed by atoms with van der Waals surface area (Å²) in [5.41, 5.74) is 0.882. The molecule has 1 unspecified atom stereocenters. The Labute approximate surface area is 108 Å². The molecule has 18 heavy (non-hydrogen) atoms. The SMILES string of the molecule is CC1CN(C)CCN1C(=O)NCc1ccccn1. The molecule has 0 aromatic carbocycles. The summed E-state index contributed by atoms with van der Waals surface area (Å²) in [5.74, 6) is 0. The van der Waals surface area contributed by atoms with Gasteiger partial charge in [0.2, 0.25) is 0 Å². The number of carbonyl (C=O) groups excluding carboxylic acids is 1. The number of nitrogens with one attached hydrogen (secondary N) is 1. The van der Waals surface area contributed by atoms with Crippen molar-refractivity contribution in [3.63, 3.8) is 0 Å².